The van der Waals surface area contributed by atoms with Gasteiger partial charge in [-0.2, -0.15) is 4.39 Å². The quantitative estimate of drug-likeness (QED) is 0.722. The number of nitrogens with zero attached hydrogens (tertiary/aromatic N) is 1. The van der Waals surface area contributed by atoms with E-state index in [9.17, 15) is 19.1 Å². The van der Waals surface area contributed by atoms with Gasteiger partial charge in [0.15, 0.2) is 0 Å². The van der Waals surface area contributed by atoms with Crippen LogP contribution in [-0.4, -0.2) is 14.7 Å². The lowest BCUT2D eigenvalue weighted by Gasteiger charge is -2.06. The molecular formula is C9H13FN2O3. The molecule has 0 saturated carbocycles. The summed E-state index contributed by atoms with van der Waals surface area (Å²) in [5, 5.41) is 9.23. The van der Waals surface area contributed by atoms with E-state index in [0.717, 1.165) is 17.4 Å². The molecule has 0 aliphatic carbocycles. The van der Waals surface area contributed by atoms with E-state index in [2.05, 4.69) is 0 Å². The van der Waals surface area contributed by atoms with E-state index >= 15 is 0 Å². The minimum atomic E-state index is -1.31. The molecule has 0 bridgehead atoms. The van der Waals surface area contributed by atoms with Crippen molar-refractivity contribution in [2.75, 3.05) is 0 Å². The van der Waals surface area contributed by atoms with Crippen LogP contribution in [0, 0.1) is 5.82 Å². The number of aromatic amines is 1. The first-order valence-electron chi connectivity index (χ1n) is 4.79. The van der Waals surface area contributed by atoms with Gasteiger partial charge in [0.25, 0.3) is 5.56 Å². The van der Waals surface area contributed by atoms with E-state index in [0.29, 0.717) is 6.42 Å². The molecule has 5 nitrogen and oxygen atoms in total. The Morgan fingerprint density at radius 1 is 1.40 bits per heavy atom. The summed E-state index contributed by atoms with van der Waals surface area (Å²) in [5.41, 5.74) is -1.97. The molecule has 0 atom stereocenters. The monoisotopic (exact) mass is 216 g/mol. The molecule has 0 fully saturated rings. The Hall–Kier alpha value is -1.59. The Labute approximate surface area is 85.2 Å². The van der Waals surface area contributed by atoms with Crippen LogP contribution in [0.25, 0.3) is 0 Å². The molecule has 0 amide bonds. The van der Waals surface area contributed by atoms with Gasteiger partial charge in [-0.05, 0) is 6.42 Å². The lowest BCUT2D eigenvalue weighted by atomic mass is 10.2. The molecule has 0 aliphatic heterocycles. The zero-order chi connectivity index (χ0) is 11.4. The van der Waals surface area contributed by atoms with Crippen molar-refractivity contribution in [2.45, 2.75) is 32.7 Å². The van der Waals surface area contributed by atoms with E-state index < -0.39 is 22.9 Å². The Bertz CT molecular complexity index is 450. The lowest BCUT2D eigenvalue weighted by Crippen LogP contribution is -2.31. The van der Waals surface area contributed by atoms with Gasteiger partial charge in [-0.3, -0.25) is 14.3 Å². The van der Waals surface area contributed by atoms with Crippen LogP contribution in [0.1, 0.15) is 26.2 Å². The van der Waals surface area contributed by atoms with Crippen LogP contribution >= 0.6 is 0 Å². The number of H-pyrrole nitrogens is 1. The highest BCUT2D eigenvalue weighted by atomic mass is 19.1. The highest BCUT2D eigenvalue weighted by Crippen LogP contribution is 2.08. The molecule has 6 heteroatoms. The highest BCUT2D eigenvalue weighted by Gasteiger charge is 2.12. The zero-order valence-corrected chi connectivity index (χ0v) is 8.42. The van der Waals surface area contributed by atoms with E-state index in [1.54, 1.807) is 4.98 Å². The van der Waals surface area contributed by atoms with E-state index in [4.69, 9.17) is 0 Å². The largest absolute Gasteiger partial charge is 0.492 e. The average molecular weight is 216 g/mol. The maximum atomic E-state index is 12.9. The number of unbranched alkanes of at least 4 members (excludes halogenated alkanes) is 2. The highest BCUT2D eigenvalue weighted by molar-refractivity contribution is 5.09. The molecular weight excluding hydrogens is 203 g/mol. The van der Waals surface area contributed by atoms with Crippen molar-refractivity contribution in [2.24, 2.45) is 0 Å². The number of hydrogen-bond acceptors (Lipinski definition) is 3. The van der Waals surface area contributed by atoms with Gasteiger partial charge in [-0.25, -0.2) is 4.79 Å². The molecule has 84 valence electrons. The Kier molecular flexibility index (Phi) is 3.65. The third kappa shape index (κ3) is 2.45. The van der Waals surface area contributed by atoms with Crippen molar-refractivity contribution >= 4 is 0 Å². The number of halogens is 1. The summed E-state index contributed by atoms with van der Waals surface area (Å²) >= 11 is 0. The molecule has 0 spiro atoms. The first-order valence-corrected chi connectivity index (χ1v) is 4.79. The van der Waals surface area contributed by atoms with Gasteiger partial charge in [0.2, 0.25) is 11.7 Å². The van der Waals surface area contributed by atoms with Gasteiger partial charge in [0, 0.05) is 6.54 Å². The topological polar surface area (TPSA) is 75.1 Å². The van der Waals surface area contributed by atoms with Crippen LogP contribution in [0.5, 0.6) is 5.88 Å². The Morgan fingerprint density at radius 3 is 2.67 bits per heavy atom. The average Bonchev–Trinajstić information content (AvgIpc) is 2.20. The molecule has 0 aromatic carbocycles. The second-order valence-electron chi connectivity index (χ2n) is 3.26. The molecule has 1 aromatic rings. The fraction of sp³-hybridized carbons (Fsp3) is 0.556. The van der Waals surface area contributed by atoms with Gasteiger partial charge >= 0.3 is 5.69 Å². The summed E-state index contributed by atoms with van der Waals surface area (Å²) in [5.74, 6) is -2.20. The normalized spacial score (nSPS) is 10.5. The smallest absolute Gasteiger partial charge is 0.331 e. The van der Waals surface area contributed by atoms with Gasteiger partial charge in [0.05, 0.1) is 0 Å². The van der Waals surface area contributed by atoms with Crippen LogP contribution < -0.4 is 11.2 Å². The summed E-state index contributed by atoms with van der Waals surface area (Å²) in [4.78, 5) is 23.7. The Morgan fingerprint density at radius 2 is 2.07 bits per heavy atom. The first kappa shape index (κ1) is 11.5. The minimum Gasteiger partial charge on any atom is -0.492 e. The van der Waals surface area contributed by atoms with Crippen molar-refractivity contribution in [1.82, 2.24) is 9.55 Å². The van der Waals surface area contributed by atoms with Crippen molar-refractivity contribution in [3.05, 3.63) is 26.7 Å². The SMILES string of the molecule is CCCCCn1c(O)c(F)c(=O)[nH]c1=O. The second kappa shape index (κ2) is 4.77. The molecule has 1 aromatic heterocycles. The standard InChI is InChI=1S/C9H13FN2O3/c1-2-3-4-5-12-8(14)6(10)7(13)11-9(12)15/h14H,2-5H2,1H3,(H,11,13,15). The molecule has 0 aliphatic rings. The molecule has 0 unspecified atom stereocenters. The summed E-state index contributed by atoms with van der Waals surface area (Å²) in [6, 6.07) is 0. The fourth-order valence-electron chi connectivity index (χ4n) is 1.26. The molecule has 0 saturated heterocycles. The number of aromatic nitrogens is 2. The minimum absolute atomic E-state index is 0.201. The summed E-state index contributed by atoms with van der Waals surface area (Å²) in [6.45, 7) is 2.18. The van der Waals surface area contributed by atoms with E-state index in [1.165, 1.54) is 0 Å². The second-order valence-corrected chi connectivity index (χ2v) is 3.26. The molecule has 2 N–H and O–H groups in total. The maximum absolute atomic E-state index is 12.9. The summed E-state index contributed by atoms with van der Waals surface area (Å²) in [7, 11) is 0. The van der Waals surface area contributed by atoms with Crippen molar-refractivity contribution in [3.63, 3.8) is 0 Å². The predicted octanol–water partition coefficient (Wildman–Crippen LogP) is 0.571. The number of rotatable bonds is 4. The summed E-state index contributed by atoms with van der Waals surface area (Å²) in [6.07, 6.45) is 2.46. The Balaban J connectivity index is 3.02. The van der Waals surface area contributed by atoms with Crippen LogP contribution in [0.4, 0.5) is 4.39 Å². The van der Waals surface area contributed by atoms with Crippen LogP contribution in [0.3, 0.4) is 0 Å². The molecule has 0 radical (unpaired) electrons. The fourth-order valence-corrected chi connectivity index (χ4v) is 1.26. The van der Waals surface area contributed by atoms with Crippen LogP contribution in [-0.2, 0) is 6.54 Å². The van der Waals surface area contributed by atoms with Crippen molar-refractivity contribution in [1.29, 1.82) is 0 Å². The predicted molar refractivity (Wildman–Crippen MR) is 52.5 cm³/mol. The van der Waals surface area contributed by atoms with Crippen LogP contribution in [0.2, 0.25) is 0 Å². The van der Waals surface area contributed by atoms with E-state index in [1.807, 2.05) is 6.92 Å². The van der Waals surface area contributed by atoms with Gasteiger partial charge in [-0.15, -0.1) is 0 Å². The van der Waals surface area contributed by atoms with Crippen molar-refractivity contribution in [3.8, 4) is 5.88 Å². The van der Waals surface area contributed by atoms with Gasteiger partial charge in [-0.1, -0.05) is 19.8 Å². The maximum Gasteiger partial charge on any atom is 0.331 e. The zero-order valence-electron chi connectivity index (χ0n) is 8.42. The number of hydrogen-bond donors (Lipinski definition) is 2. The third-order valence-corrected chi connectivity index (χ3v) is 2.10. The third-order valence-electron chi connectivity index (χ3n) is 2.10. The van der Waals surface area contributed by atoms with Gasteiger partial charge < -0.3 is 5.11 Å². The van der Waals surface area contributed by atoms with Crippen LogP contribution in [0.15, 0.2) is 9.59 Å². The number of aromatic hydroxyl groups is 1. The van der Waals surface area contributed by atoms with E-state index in [-0.39, 0.29) is 6.54 Å². The molecule has 15 heavy (non-hydrogen) atoms. The van der Waals surface area contributed by atoms with Crippen molar-refractivity contribution < 1.29 is 9.50 Å². The molecule has 1 rings (SSSR count). The first-order chi connectivity index (χ1) is 7.07. The lowest BCUT2D eigenvalue weighted by molar-refractivity contribution is 0.356. The summed E-state index contributed by atoms with van der Waals surface area (Å²) < 4.78 is 13.8. The molecule has 1 heterocycles. The van der Waals surface area contributed by atoms with Gasteiger partial charge in [0.1, 0.15) is 0 Å². The number of nitrogens with one attached hydrogen (secondary N) is 1.